The molecule has 0 atom stereocenters. The highest BCUT2D eigenvalue weighted by atomic mass is 32.2. The van der Waals surface area contributed by atoms with E-state index in [2.05, 4.69) is 14.6 Å². The lowest BCUT2D eigenvalue weighted by Crippen LogP contribution is -2.27. The molecule has 7 nitrogen and oxygen atoms in total. The third kappa shape index (κ3) is 2.76. The maximum Gasteiger partial charge on any atom is 0.376 e. The Balaban J connectivity index is 2.14. The van der Waals surface area contributed by atoms with Gasteiger partial charge < -0.3 is 4.74 Å². The molecule has 1 heterocycles. The number of hydrogen-bond donors (Lipinski definition) is 1. The van der Waals surface area contributed by atoms with E-state index in [4.69, 9.17) is 0 Å². The second kappa shape index (κ2) is 5.73. The standard InChI is InChI=1S/C15H13N3O4S/c1-22-15(19)14-16-12-9-5-6-10-13(12)18(14)17-23(20,21)11-7-3-2-4-8-11/h2-10,17H,1H3. The van der Waals surface area contributed by atoms with Gasteiger partial charge in [-0.15, -0.1) is 0 Å². The summed E-state index contributed by atoms with van der Waals surface area (Å²) in [4.78, 5) is 18.5. The van der Waals surface area contributed by atoms with Gasteiger partial charge in [0.1, 0.15) is 0 Å². The van der Waals surface area contributed by atoms with Gasteiger partial charge in [0.25, 0.3) is 10.0 Å². The van der Waals surface area contributed by atoms with Crippen molar-refractivity contribution in [1.82, 2.24) is 9.66 Å². The first-order valence-corrected chi connectivity index (χ1v) is 8.15. The molecule has 0 saturated heterocycles. The number of imidazole rings is 1. The molecule has 0 radical (unpaired) electrons. The molecule has 0 amide bonds. The van der Waals surface area contributed by atoms with Crippen LogP contribution >= 0.6 is 0 Å². The summed E-state index contributed by atoms with van der Waals surface area (Å²) in [5, 5.41) is 0. The smallest absolute Gasteiger partial charge is 0.376 e. The van der Waals surface area contributed by atoms with Gasteiger partial charge in [0.15, 0.2) is 0 Å². The molecule has 0 aliphatic heterocycles. The second-order valence-electron chi connectivity index (χ2n) is 4.66. The summed E-state index contributed by atoms with van der Waals surface area (Å²) in [5.41, 5.74) is 0.927. The molecule has 1 aromatic heterocycles. The summed E-state index contributed by atoms with van der Waals surface area (Å²) in [6.45, 7) is 0. The van der Waals surface area contributed by atoms with Crippen LogP contribution in [0.5, 0.6) is 0 Å². The number of carbonyl (C=O) groups excluding carboxylic acids is 1. The predicted molar refractivity (Wildman–Crippen MR) is 84.1 cm³/mol. The van der Waals surface area contributed by atoms with Gasteiger partial charge >= 0.3 is 5.97 Å². The maximum atomic E-state index is 12.5. The van der Waals surface area contributed by atoms with Crippen LogP contribution in [0.3, 0.4) is 0 Å². The van der Waals surface area contributed by atoms with Gasteiger partial charge in [0.2, 0.25) is 5.82 Å². The third-order valence-corrected chi connectivity index (χ3v) is 4.51. The van der Waals surface area contributed by atoms with Crippen LogP contribution in [0.1, 0.15) is 10.6 Å². The van der Waals surface area contributed by atoms with E-state index in [0.717, 1.165) is 4.68 Å². The highest BCUT2D eigenvalue weighted by Gasteiger charge is 2.22. The molecule has 23 heavy (non-hydrogen) atoms. The van der Waals surface area contributed by atoms with E-state index >= 15 is 0 Å². The largest absolute Gasteiger partial charge is 0.463 e. The van der Waals surface area contributed by atoms with Gasteiger partial charge in [-0.1, -0.05) is 30.3 Å². The van der Waals surface area contributed by atoms with E-state index in [1.807, 2.05) is 0 Å². The first-order valence-electron chi connectivity index (χ1n) is 6.66. The van der Waals surface area contributed by atoms with E-state index in [0.29, 0.717) is 11.0 Å². The number of sulfonamides is 1. The molecule has 3 aromatic rings. The minimum Gasteiger partial charge on any atom is -0.463 e. The van der Waals surface area contributed by atoms with Gasteiger partial charge in [0.05, 0.1) is 23.0 Å². The van der Waals surface area contributed by atoms with Crippen molar-refractivity contribution in [3.05, 3.63) is 60.4 Å². The summed E-state index contributed by atoms with van der Waals surface area (Å²) >= 11 is 0. The van der Waals surface area contributed by atoms with Crippen molar-refractivity contribution in [2.75, 3.05) is 11.9 Å². The quantitative estimate of drug-likeness (QED) is 0.736. The van der Waals surface area contributed by atoms with Crippen LogP contribution in [0.4, 0.5) is 0 Å². The van der Waals surface area contributed by atoms with Crippen LogP contribution in [0.2, 0.25) is 0 Å². The Morgan fingerprint density at radius 1 is 1.09 bits per heavy atom. The van der Waals surface area contributed by atoms with E-state index < -0.39 is 16.0 Å². The average Bonchev–Trinajstić information content (AvgIpc) is 2.93. The summed E-state index contributed by atoms with van der Waals surface area (Å²) < 4.78 is 30.8. The molecule has 0 aliphatic rings. The van der Waals surface area contributed by atoms with Crippen LogP contribution in [-0.2, 0) is 14.8 Å². The highest BCUT2D eigenvalue weighted by Crippen LogP contribution is 2.17. The number of para-hydroxylation sites is 2. The fourth-order valence-electron chi connectivity index (χ4n) is 2.12. The highest BCUT2D eigenvalue weighted by molar-refractivity contribution is 7.92. The van der Waals surface area contributed by atoms with Gasteiger partial charge in [-0.2, -0.15) is 8.42 Å². The Hall–Kier alpha value is -2.87. The second-order valence-corrected chi connectivity index (χ2v) is 6.32. The fourth-order valence-corrected chi connectivity index (χ4v) is 3.17. The molecule has 8 heteroatoms. The van der Waals surface area contributed by atoms with Gasteiger partial charge in [0, 0.05) is 0 Å². The minimum absolute atomic E-state index is 0.0774. The zero-order valence-corrected chi connectivity index (χ0v) is 12.9. The van der Waals surface area contributed by atoms with Crippen molar-refractivity contribution in [3.63, 3.8) is 0 Å². The molecule has 0 aliphatic carbocycles. The van der Waals surface area contributed by atoms with E-state index in [9.17, 15) is 13.2 Å². The number of fused-ring (bicyclic) bond motifs is 1. The van der Waals surface area contributed by atoms with E-state index in [1.54, 1.807) is 42.5 Å². The summed E-state index contributed by atoms with van der Waals surface area (Å²) in [7, 11) is -2.67. The van der Waals surface area contributed by atoms with Crippen molar-refractivity contribution in [1.29, 1.82) is 0 Å². The lowest BCUT2D eigenvalue weighted by atomic mass is 10.3. The predicted octanol–water partition coefficient (Wildman–Crippen LogP) is 1.76. The van der Waals surface area contributed by atoms with Crippen molar-refractivity contribution in [2.45, 2.75) is 4.90 Å². The molecule has 3 rings (SSSR count). The SMILES string of the molecule is COC(=O)c1nc2ccccc2n1NS(=O)(=O)c1ccccc1. The lowest BCUT2D eigenvalue weighted by Gasteiger charge is -2.11. The van der Waals surface area contributed by atoms with Crippen LogP contribution in [-0.4, -0.2) is 31.2 Å². The molecule has 0 bridgehead atoms. The summed E-state index contributed by atoms with van der Waals surface area (Å²) in [5.74, 6) is -0.884. The summed E-state index contributed by atoms with van der Waals surface area (Å²) in [6, 6.07) is 14.6. The molecule has 1 N–H and O–H groups in total. The topological polar surface area (TPSA) is 90.3 Å². The zero-order chi connectivity index (χ0) is 16.4. The van der Waals surface area contributed by atoms with E-state index in [1.165, 1.54) is 19.2 Å². The number of nitrogens with one attached hydrogen (secondary N) is 1. The number of benzene rings is 2. The van der Waals surface area contributed by atoms with Crippen molar-refractivity contribution >= 4 is 27.0 Å². The number of esters is 1. The fraction of sp³-hybridized carbons (Fsp3) is 0.0667. The number of hydrogen-bond acceptors (Lipinski definition) is 5. The lowest BCUT2D eigenvalue weighted by molar-refractivity contribution is 0.0584. The van der Waals surface area contributed by atoms with Gasteiger partial charge in [-0.05, 0) is 24.3 Å². The monoisotopic (exact) mass is 331 g/mol. The number of ether oxygens (including phenoxy) is 1. The number of methoxy groups -OCH3 is 1. The Bertz CT molecular complexity index is 965. The molecule has 0 spiro atoms. The first kappa shape index (κ1) is 15.0. The van der Waals surface area contributed by atoms with Crippen LogP contribution in [0.25, 0.3) is 11.0 Å². The Labute approximate surface area is 132 Å². The first-order chi connectivity index (χ1) is 11.0. The van der Waals surface area contributed by atoms with E-state index in [-0.39, 0.29) is 10.7 Å². The molecule has 2 aromatic carbocycles. The number of nitrogens with zero attached hydrogens (tertiary/aromatic N) is 2. The van der Waals surface area contributed by atoms with Crippen molar-refractivity contribution in [2.24, 2.45) is 0 Å². The minimum atomic E-state index is -3.87. The van der Waals surface area contributed by atoms with Crippen LogP contribution < -0.4 is 4.83 Å². The Morgan fingerprint density at radius 3 is 2.43 bits per heavy atom. The normalized spacial score (nSPS) is 11.3. The molecular weight excluding hydrogens is 318 g/mol. The Kier molecular flexibility index (Phi) is 3.75. The van der Waals surface area contributed by atoms with Gasteiger partial charge in [-0.3, -0.25) is 0 Å². The molecule has 0 fully saturated rings. The van der Waals surface area contributed by atoms with Gasteiger partial charge in [-0.25, -0.2) is 19.3 Å². The van der Waals surface area contributed by atoms with Crippen LogP contribution in [0.15, 0.2) is 59.5 Å². The third-order valence-electron chi connectivity index (χ3n) is 3.19. The number of rotatable bonds is 4. The van der Waals surface area contributed by atoms with Crippen molar-refractivity contribution in [3.8, 4) is 0 Å². The summed E-state index contributed by atoms with van der Waals surface area (Å²) in [6.07, 6.45) is 0. The number of aromatic nitrogens is 2. The maximum absolute atomic E-state index is 12.5. The van der Waals surface area contributed by atoms with Crippen LogP contribution in [0, 0.1) is 0 Å². The Morgan fingerprint density at radius 2 is 1.74 bits per heavy atom. The molecule has 118 valence electrons. The zero-order valence-electron chi connectivity index (χ0n) is 12.1. The average molecular weight is 331 g/mol. The number of carbonyl (C=O) groups is 1. The molecule has 0 saturated carbocycles. The molecule has 0 unspecified atom stereocenters. The van der Waals surface area contributed by atoms with Crippen molar-refractivity contribution < 1.29 is 17.9 Å². The molecular formula is C15H13N3O4S.